The lowest BCUT2D eigenvalue weighted by atomic mass is 10.1. The normalized spacial score (nSPS) is 11.4. The van der Waals surface area contributed by atoms with E-state index >= 15 is 0 Å². The second-order valence-corrected chi connectivity index (χ2v) is 2.87. The van der Waals surface area contributed by atoms with Gasteiger partial charge in [-0.2, -0.15) is 0 Å². The summed E-state index contributed by atoms with van der Waals surface area (Å²) >= 11 is 0. The standard InChI is InChI=1S/C10H17/c1-5-10(4)8-6-7-9(2)3/h5,7H,1,6,8H2,2-4H3. The Morgan fingerprint density at radius 3 is 2.30 bits per heavy atom. The molecular formula is C10H17. The molecule has 0 spiro atoms. The van der Waals surface area contributed by atoms with E-state index in [1.807, 2.05) is 6.08 Å². The van der Waals surface area contributed by atoms with Crippen molar-refractivity contribution >= 4 is 0 Å². The fourth-order valence-electron chi connectivity index (χ4n) is 0.691. The molecule has 0 saturated heterocycles. The largest absolute Gasteiger partial charge is 0.0856 e. The average molecular weight is 137 g/mol. The van der Waals surface area contributed by atoms with Crippen molar-refractivity contribution in [1.82, 2.24) is 0 Å². The Morgan fingerprint density at radius 1 is 1.30 bits per heavy atom. The van der Waals surface area contributed by atoms with Gasteiger partial charge in [-0.05, 0) is 40.5 Å². The first-order chi connectivity index (χ1) is 4.66. The quantitative estimate of drug-likeness (QED) is 0.522. The van der Waals surface area contributed by atoms with Crippen molar-refractivity contribution in [3.05, 3.63) is 30.2 Å². The molecule has 0 saturated carbocycles. The second-order valence-electron chi connectivity index (χ2n) is 2.87. The average Bonchev–Trinajstić information content (AvgIpc) is 1.87. The Balaban J connectivity index is 3.47. The van der Waals surface area contributed by atoms with Crippen LogP contribution < -0.4 is 0 Å². The fraction of sp³-hybridized carbons (Fsp3) is 0.500. The van der Waals surface area contributed by atoms with E-state index in [0.29, 0.717) is 0 Å². The molecule has 10 heavy (non-hydrogen) atoms. The lowest BCUT2D eigenvalue weighted by molar-refractivity contribution is 0.967. The van der Waals surface area contributed by atoms with Crippen LogP contribution in [-0.4, -0.2) is 0 Å². The zero-order chi connectivity index (χ0) is 7.98. The molecule has 0 N–H and O–H groups in total. The van der Waals surface area contributed by atoms with Gasteiger partial charge in [-0.3, -0.25) is 0 Å². The molecule has 0 aliphatic heterocycles. The van der Waals surface area contributed by atoms with Crippen LogP contribution in [0.2, 0.25) is 0 Å². The molecule has 57 valence electrons. The summed E-state index contributed by atoms with van der Waals surface area (Å²) in [6.45, 7) is 10.1. The van der Waals surface area contributed by atoms with Gasteiger partial charge < -0.3 is 0 Å². The van der Waals surface area contributed by atoms with E-state index in [9.17, 15) is 0 Å². The molecule has 0 heterocycles. The lowest BCUT2D eigenvalue weighted by Gasteiger charge is -1.95. The molecule has 0 aromatic heterocycles. The number of hydrogen-bond donors (Lipinski definition) is 0. The van der Waals surface area contributed by atoms with Crippen LogP contribution in [0.4, 0.5) is 0 Å². The van der Waals surface area contributed by atoms with Crippen LogP contribution in [0.5, 0.6) is 0 Å². The van der Waals surface area contributed by atoms with E-state index < -0.39 is 0 Å². The highest BCUT2D eigenvalue weighted by atomic mass is 13.9. The molecule has 0 rings (SSSR count). The van der Waals surface area contributed by atoms with Gasteiger partial charge in [0.25, 0.3) is 0 Å². The summed E-state index contributed by atoms with van der Waals surface area (Å²) in [5.41, 5.74) is 2.77. The number of rotatable bonds is 3. The van der Waals surface area contributed by atoms with Crippen LogP contribution in [0.15, 0.2) is 23.3 Å². The summed E-state index contributed by atoms with van der Waals surface area (Å²) in [6.07, 6.45) is 6.49. The zero-order valence-electron chi connectivity index (χ0n) is 7.28. The smallest absolute Gasteiger partial charge is 0.0288 e. The van der Waals surface area contributed by atoms with Gasteiger partial charge in [0.15, 0.2) is 0 Å². The van der Waals surface area contributed by atoms with Crippen molar-refractivity contribution in [3.8, 4) is 0 Å². The van der Waals surface area contributed by atoms with Crippen molar-refractivity contribution < 1.29 is 0 Å². The molecule has 0 aliphatic carbocycles. The number of allylic oxidation sites excluding steroid dienone is 4. The van der Waals surface area contributed by atoms with Gasteiger partial charge in [-0.25, -0.2) is 0 Å². The molecule has 0 heteroatoms. The van der Waals surface area contributed by atoms with E-state index in [2.05, 4.69) is 33.8 Å². The Bertz CT molecular complexity index is 134. The maximum atomic E-state index is 3.70. The zero-order valence-corrected chi connectivity index (χ0v) is 7.28. The first-order valence-corrected chi connectivity index (χ1v) is 3.75. The predicted octanol–water partition coefficient (Wildman–Crippen LogP) is 3.51. The van der Waals surface area contributed by atoms with Gasteiger partial charge in [-0.1, -0.05) is 23.3 Å². The number of hydrogen-bond acceptors (Lipinski definition) is 0. The van der Waals surface area contributed by atoms with Gasteiger partial charge in [0.1, 0.15) is 0 Å². The first-order valence-electron chi connectivity index (χ1n) is 3.75. The second kappa shape index (κ2) is 5.28. The van der Waals surface area contributed by atoms with Crippen molar-refractivity contribution in [3.63, 3.8) is 0 Å². The Labute approximate surface area is 64.6 Å². The van der Waals surface area contributed by atoms with Gasteiger partial charge in [0.2, 0.25) is 0 Å². The fourth-order valence-corrected chi connectivity index (χ4v) is 0.691. The van der Waals surface area contributed by atoms with E-state index in [0.717, 1.165) is 12.8 Å². The van der Waals surface area contributed by atoms with Crippen LogP contribution in [0.1, 0.15) is 33.6 Å². The van der Waals surface area contributed by atoms with Crippen LogP contribution in [0.3, 0.4) is 0 Å². The Hall–Kier alpha value is -0.520. The molecule has 0 fully saturated rings. The SMILES string of the molecule is [CH2]C=C(C)CCC=C(C)C. The highest BCUT2D eigenvalue weighted by Gasteiger charge is 1.84. The van der Waals surface area contributed by atoms with Crippen molar-refractivity contribution in [2.24, 2.45) is 0 Å². The van der Waals surface area contributed by atoms with E-state index in [1.165, 1.54) is 11.1 Å². The van der Waals surface area contributed by atoms with Crippen molar-refractivity contribution in [1.29, 1.82) is 0 Å². The first kappa shape index (κ1) is 9.48. The van der Waals surface area contributed by atoms with E-state index in [1.54, 1.807) is 0 Å². The van der Waals surface area contributed by atoms with Crippen LogP contribution in [-0.2, 0) is 0 Å². The molecule has 0 atom stereocenters. The third-order valence-electron chi connectivity index (χ3n) is 1.44. The molecule has 0 bridgehead atoms. The Kier molecular flexibility index (Phi) is 5.00. The van der Waals surface area contributed by atoms with Gasteiger partial charge in [0.05, 0.1) is 0 Å². The summed E-state index contributed by atoms with van der Waals surface area (Å²) in [4.78, 5) is 0. The summed E-state index contributed by atoms with van der Waals surface area (Å²) in [7, 11) is 0. The van der Waals surface area contributed by atoms with Crippen LogP contribution in [0.25, 0.3) is 0 Å². The molecule has 0 unspecified atom stereocenters. The maximum absolute atomic E-state index is 3.70. The van der Waals surface area contributed by atoms with Crippen molar-refractivity contribution in [2.45, 2.75) is 33.6 Å². The van der Waals surface area contributed by atoms with Gasteiger partial charge in [0, 0.05) is 0 Å². The maximum Gasteiger partial charge on any atom is -0.0288 e. The minimum absolute atomic E-state index is 1.15. The van der Waals surface area contributed by atoms with E-state index in [4.69, 9.17) is 0 Å². The van der Waals surface area contributed by atoms with Gasteiger partial charge >= 0.3 is 0 Å². The molecule has 0 nitrogen and oxygen atoms in total. The predicted molar refractivity (Wildman–Crippen MR) is 47.8 cm³/mol. The molecule has 0 aromatic rings. The molecule has 0 amide bonds. The highest BCUT2D eigenvalue weighted by Crippen LogP contribution is 2.05. The highest BCUT2D eigenvalue weighted by molar-refractivity contribution is 5.02. The minimum Gasteiger partial charge on any atom is -0.0856 e. The summed E-state index contributed by atoms with van der Waals surface area (Å²) in [5, 5.41) is 0. The summed E-state index contributed by atoms with van der Waals surface area (Å²) in [6, 6.07) is 0. The monoisotopic (exact) mass is 137 g/mol. The van der Waals surface area contributed by atoms with Crippen LogP contribution >= 0.6 is 0 Å². The topological polar surface area (TPSA) is 0 Å². The summed E-state index contributed by atoms with van der Waals surface area (Å²) < 4.78 is 0. The minimum atomic E-state index is 1.15. The van der Waals surface area contributed by atoms with Crippen LogP contribution in [0, 0.1) is 6.92 Å². The van der Waals surface area contributed by atoms with E-state index in [-0.39, 0.29) is 0 Å². The van der Waals surface area contributed by atoms with Gasteiger partial charge in [-0.15, -0.1) is 0 Å². The third-order valence-corrected chi connectivity index (χ3v) is 1.44. The Morgan fingerprint density at radius 2 is 1.90 bits per heavy atom. The molecule has 1 radical (unpaired) electrons. The summed E-state index contributed by atoms with van der Waals surface area (Å²) in [5.74, 6) is 0. The van der Waals surface area contributed by atoms with Crippen molar-refractivity contribution in [2.75, 3.05) is 0 Å². The molecular weight excluding hydrogens is 120 g/mol. The molecule has 0 aromatic carbocycles. The molecule has 0 aliphatic rings. The third kappa shape index (κ3) is 5.61. The lowest BCUT2D eigenvalue weighted by Crippen LogP contribution is -1.74.